The Morgan fingerprint density at radius 1 is 1.28 bits per heavy atom. The number of likely N-dealkylation sites (tertiary alicyclic amines) is 1. The van der Waals surface area contributed by atoms with Crippen molar-refractivity contribution in [3.05, 3.63) is 47.4 Å². The van der Waals surface area contributed by atoms with E-state index < -0.39 is 0 Å². The number of nitrogens with zero attached hydrogens (tertiary/aromatic N) is 3. The van der Waals surface area contributed by atoms with E-state index >= 15 is 0 Å². The lowest BCUT2D eigenvalue weighted by molar-refractivity contribution is 0.0933. The topological polar surface area (TPSA) is 71.3 Å². The van der Waals surface area contributed by atoms with Gasteiger partial charge < -0.3 is 9.73 Å². The maximum Gasteiger partial charge on any atom is 0.254 e. The Kier molecular flexibility index (Phi) is 4.53. The van der Waals surface area contributed by atoms with Crippen LogP contribution in [0.5, 0.6) is 0 Å². The number of carbonyl (C=O) groups is 1. The second-order valence-corrected chi connectivity index (χ2v) is 7.02. The van der Waals surface area contributed by atoms with Gasteiger partial charge >= 0.3 is 0 Å². The van der Waals surface area contributed by atoms with Gasteiger partial charge in [-0.25, -0.2) is 9.97 Å². The first-order chi connectivity index (χ1) is 12.2. The molecule has 6 heteroatoms. The van der Waals surface area contributed by atoms with Crippen LogP contribution in [-0.4, -0.2) is 40.4 Å². The van der Waals surface area contributed by atoms with Gasteiger partial charge in [0.25, 0.3) is 5.91 Å². The fourth-order valence-electron chi connectivity index (χ4n) is 3.39. The molecule has 2 aliphatic rings. The third-order valence-electron chi connectivity index (χ3n) is 5.00. The van der Waals surface area contributed by atoms with Gasteiger partial charge in [-0.1, -0.05) is 0 Å². The predicted octanol–water partition coefficient (Wildman–Crippen LogP) is 2.82. The van der Waals surface area contributed by atoms with E-state index in [1.54, 1.807) is 12.4 Å². The molecule has 0 bridgehead atoms. The third-order valence-corrected chi connectivity index (χ3v) is 5.00. The quantitative estimate of drug-likeness (QED) is 0.875. The highest BCUT2D eigenvalue weighted by Gasteiger charge is 2.28. The summed E-state index contributed by atoms with van der Waals surface area (Å²) in [4.78, 5) is 23.5. The average Bonchev–Trinajstić information content (AvgIpc) is 3.17. The van der Waals surface area contributed by atoms with E-state index in [4.69, 9.17) is 4.42 Å². The van der Waals surface area contributed by atoms with Gasteiger partial charge in [0.1, 0.15) is 17.3 Å². The standard InChI is InChI=1S/C19H24N4O2/c1-13-4-7-17(25-13)16(23-8-2-3-9-23)12-22-19(24)15-10-20-18(21-11-15)14-5-6-14/h4,7,10-11,14,16H,2-3,5-6,8-9,12H2,1H3,(H,22,24). The van der Waals surface area contributed by atoms with Gasteiger partial charge in [-0.05, 0) is 57.8 Å². The van der Waals surface area contributed by atoms with Gasteiger partial charge in [-0.3, -0.25) is 9.69 Å². The molecule has 3 heterocycles. The van der Waals surface area contributed by atoms with Crippen LogP contribution in [0.4, 0.5) is 0 Å². The van der Waals surface area contributed by atoms with Crippen LogP contribution in [0, 0.1) is 6.92 Å². The first kappa shape index (κ1) is 16.3. The molecule has 25 heavy (non-hydrogen) atoms. The summed E-state index contributed by atoms with van der Waals surface area (Å²) in [5, 5.41) is 3.03. The Balaban J connectivity index is 1.41. The molecule has 1 aliphatic heterocycles. The van der Waals surface area contributed by atoms with Crippen molar-refractivity contribution in [1.82, 2.24) is 20.2 Å². The highest BCUT2D eigenvalue weighted by Crippen LogP contribution is 2.37. The van der Waals surface area contributed by atoms with Gasteiger partial charge in [0, 0.05) is 24.9 Å². The molecule has 1 saturated heterocycles. The van der Waals surface area contributed by atoms with E-state index in [1.165, 1.54) is 12.8 Å². The Bertz CT molecular complexity index is 730. The second kappa shape index (κ2) is 6.96. The molecule has 1 amide bonds. The zero-order chi connectivity index (χ0) is 17.2. The van der Waals surface area contributed by atoms with Gasteiger partial charge in [0.15, 0.2) is 0 Å². The molecule has 1 saturated carbocycles. The summed E-state index contributed by atoms with van der Waals surface area (Å²) in [6.45, 7) is 4.55. The molecular weight excluding hydrogens is 316 g/mol. The van der Waals surface area contributed by atoms with Crippen molar-refractivity contribution in [3.63, 3.8) is 0 Å². The molecule has 4 rings (SSSR count). The number of hydrogen-bond donors (Lipinski definition) is 1. The number of furan rings is 1. The molecule has 0 aromatic carbocycles. The number of nitrogens with one attached hydrogen (secondary N) is 1. The normalized spacial score (nSPS) is 19.1. The first-order valence-corrected chi connectivity index (χ1v) is 9.11. The number of hydrogen-bond acceptors (Lipinski definition) is 5. The molecule has 1 unspecified atom stereocenters. The average molecular weight is 340 g/mol. The molecule has 2 aromatic heterocycles. The lowest BCUT2D eigenvalue weighted by Crippen LogP contribution is -2.36. The zero-order valence-corrected chi connectivity index (χ0v) is 14.6. The summed E-state index contributed by atoms with van der Waals surface area (Å²) < 4.78 is 5.83. The van der Waals surface area contributed by atoms with Gasteiger partial charge in [-0.2, -0.15) is 0 Å². The van der Waals surface area contributed by atoms with E-state index in [-0.39, 0.29) is 11.9 Å². The number of carbonyl (C=O) groups excluding carboxylic acids is 1. The van der Waals surface area contributed by atoms with Crippen molar-refractivity contribution in [1.29, 1.82) is 0 Å². The molecule has 2 aromatic rings. The van der Waals surface area contributed by atoms with Crippen LogP contribution in [0.2, 0.25) is 0 Å². The minimum Gasteiger partial charge on any atom is -0.465 e. The molecule has 1 N–H and O–H groups in total. The van der Waals surface area contributed by atoms with Crippen molar-refractivity contribution in [2.45, 2.75) is 44.6 Å². The smallest absolute Gasteiger partial charge is 0.254 e. The Morgan fingerprint density at radius 3 is 2.60 bits per heavy atom. The molecule has 2 fully saturated rings. The van der Waals surface area contributed by atoms with Crippen LogP contribution in [0.1, 0.15) is 65.3 Å². The summed E-state index contributed by atoms with van der Waals surface area (Å²) in [5.41, 5.74) is 0.514. The van der Waals surface area contributed by atoms with Crippen molar-refractivity contribution >= 4 is 5.91 Å². The molecule has 6 nitrogen and oxygen atoms in total. The molecule has 0 spiro atoms. The number of amides is 1. The SMILES string of the molecule is Cc1ccc(C(CNC(=O)c2cnc(C3CC3)nc2)N2CCCC2)o1. The lowest BCUT2D eigenvalue weighted by Gasteiger charge is -2.26. The van der Waals surface area contributed by atoms with Gasteiger partial charge in [-0.15, -0.1) is 0 Å². The largest absolute Gasteiger partial charge is 0.465 e. The van der Waals surface area contributed by atoms with E-state index in [0.717, 1.165) is 43.3 Å². The maximum atomic E-state index is 12.5. The lowest BCUT2D eigenvalue weighted by atomic mass is 10.2. The van der Waals surface area contributed by atoms with Gasteiger partial charge in [0.2, 0.25) is 0 Å². The van der Waals surface area contributed by atoms with Crippen LogP contribution in [0.15, 0.2) is 28.9 Å². The highest BCUT2D eigenvalue weighted by atomic mass is 16.3. The van der Waals surface area contributed by atoms with E-state index in [1.807, 2.05) is 19.1 Å². The van der Waals surface area contributed by atoms with E-state index in [0.29, 0.717) is 18.0 Å². The number of rotatable bonds is 6. The molecule has 132 valence electrons. The molecule has 1 aliphatic carbocycles. The minimum absolute atomic E-state index is 0.0757. The maximum absolute atomic E-state index is 12.5. The summed E-state index contributed by atoms with van der Waals surface area (Å²) in [7, 11) is 0. The Labute approximate surface area is 147 Å². The van der Waals surface area contributed by atoms with Crippen LogP contribution in [0.25, 0.3) is 0 Å². The second-order valence-electron chi connectivity index (χ2n) is 7.02. The molecule has 1 atom stereocenters. The van der Waals surface area contributed by atoms with Crippen LogP contribution < -0.4 is 5.32 Å². The van der Waals surface area contributed by atoms with E-state index in [9.17, 15) is 4.79 Å². The summed E-state index contributed by atoms with van der Waals surface area (Å²) in [6, 6.07) is 4.06. The minimum atomic E-state index is -0.130. The fraction of sp³-hybridized carbons (Fsp3) is 0.526. The van der Waals surface area contributed by atoms with Crippen molar-refractivity contribution in [3.8, 4) is 0 Å². The van der Waals surface area contributed by atoms with Crippen LogP contribution >= 0.6 is 0 Å². The van der Waals surface area contributed by atoms with E-state index in [2.05, 4.69) is 20.2 Å². The highest BCUT2D eigenvalue weighted by molar-refractivity contribution is 5.93. The Morgan fingerprint density at radius 2 is 2.00 bits per heavy atom. The van der Waals surface area contributed by atoms with Crippen molar-refractivity contribution < 1.29 is 9.21 Å². The van der Waals surface area contributed by atoms with Crippen LogP contribution in [0.3, 0.4) is 0 Å². The van der Waals surface area contributed by atoms with Crippen molar-refractivity contribution in [2.24, 2.45) is 0 Å². The summed E-state index contributed by atoms with van der Waals surface area (Å²) in [6.07, 6.45) is 7.98. The third kappa shape index (κ3) is 3.74. The zero-order valence-electron chi connectivity index (χ0n) is 14.6. The monoisotopic (exact) mass is 340 g/mol. The van der Waals surface area contributed by atoms with Gasteiger partial charge in [0.05, 0.1) is 11.6 Å². The predicted molar refractivity (Wildman–Crippen MR) is 93.3 cm³/mol. The molecular formula is C19H24N4O2. The first-order valence-electron chi connectivity index (χ1n) is 9.11. The summed E-state index contributed by atoms with van der Waals surface area (Å²) >= 11 is 0. The van der Waals surface area contributed by atoms with Crippen molar-refractivity contribution in [2.75, 3.05) is 19.6 Å². The number of aromatic nitrogens is 2. The number of aryl methyl sites for hydroxylation is 1. The molecule has 0 radical (unpaired) electrons. The Hall–Kier alpha value is -2.21. The van der Waals surface area contributed by atoms with Crippen LogP contribution in [-0.2, 0) is 0 Å². The summed E-state index contributed by atoms with van der Waals surface area (Å²) in [5.74, 6) is 3.04. The fourth-order valence-corrected chi connectivity index (χ4v) is 3.39.